The lowest BCUT2D eigenvalue weighted by atomic mass is 10.2. The van der Waals surface area contributed by atoms with E-state index >= 15 is 0 Å². The van der Waals surface area contributed by atoms with Crippen LogP contribution in [-0.2, 0) is 0 Å². The van der Waals surface area contributed by atoms with Crippen molar-refractivity contribution in [1.29, 1.82) is 0 Å². The van der Waals surface area contributed by atoms with Crippen LogP contribution in [0.5, 0.6) is 0 Å². The van der Waals surface area contributed by atoms with Gasteiger partial charge in [-0.25, -0.2) is 0 Å². The number of fused-ring (bicyclic) bond motifs is 1. The Hall–Kier alpha value is -1.02. The van der Waals surface area contributed by atoms with Gasteiger partial charge in [0.25, 0.3) is 0 Å². The van der Waals surface area contributed by atoms with Crippen LogP contribution >= 0.6 is 15.9 Å². The number of aromatic amines is 1. The van der Waals surface area contributed by atoms with Gasteiger partial charge < -0.3 is 4.98 Å². The molecule has 0 atom stereocenters. The number of H-pyrrole nitrogens is 1. The highest BCUT2D eigenvalue weighted by Gasteiger charge is 1.99. The van der Waals surface area contributed by atoms with Gasteiger partial charge in [-0.15, -0.1) is 0 Å². The number of rotatable bonds is 1. The molecule has 0 aliphatic heterocycles. The Balaban J connectivity index is 2.83. The maximum atomic E-state index is 3.75. The standard InChI is InChI=1S/C10H8BrN/c1-2-7-6-12-10-4-3-8(11)5-9(7)10/h2-6,12H,1H2. The smallest absolute Gasteiger partial charge is 0.0460 e. The monoisotopic (exact) mass is 221 g/mol. The molecule has 0 saturated carbocycles. The summed E-state index contributed by atoms with van der Waals surface area (Å²) in [5.41, 5.74) is 2.29. The second-order valence-electron chi connectivity index (χ2n) is 2.64. The van der Waals surface area contributed by atoms with Crippen LogP contribution in [0, 0.1) is 0 Å². The van der Waals surface area contributed by atoms with Gasteiger partial charge in [-0.2, -0.15) is 0 Å². The molecule has 0 aliphatic rings. The molecular weight excluding hydrogens is 214 g/mol. The molecule has 1 aromatic heterocycles. The summed E-state index contributed by atoms with van der Waals surface area (Å²) < 4.78 is 1.10. The van der Waals surface area contributed by atoms with E-state index in [1.54, 1.807) is 0 Å². The first-order valence-electron chi connectivity index (χ1n) is 3.70. The highest BCUT2D eigenvalue weighted by atomic mass is 79.9. The van der Waals surface area contributed by atoms with E-state index in [0.717, 1.165) is 15.6 Å². The first-order chi connectivity index (χ1) is 5.81. The van der Waals surface area contributed by atoms with E-state index in [0.29, 0.717) is 0 Å². The maximum Gasteiger partial charge on any atom is 0.0460 e. The van der Waals surface area contributed by atoms with Gasteiger partial charge in [0.15, 0.2) is 0 Å². The number of aromatic nitrogens is 1. The Labute approximate surface area is 79.2 Å². The van der Waals surface area contributed by atoms with Crippen LogP contribution in [0.4, 0.5) is 0 Å². The molecule has 2 rings (SSSR count). The fourth-order valence-corrected chi connectivity index (χ4v) is 1.64. The average Bonchev–Trinajstić information content (AvgIpc) is 2.46. The Bertz CT molecular complexity index is 428. The van der Waals surface area contributed by atoms with E-state index in [2.05, 4.69) is 33.6 Å². The lowest BCUT2D eigenvalue weighted by Crippen LogP contribution is -1.68. The SMILES string of the molecule is C=Cc1c[nH]c2ccc(Br)cc12. The van der Waals surface area contributed by atoms with Gasteiger partial charge in [-0.05, 0) is 23.8 Å². The van der Waals surface area contributed by atoms with Gasteiger partial charge in [0, 0.05) is 21.6 Å². The summed E-state index contributed by atoms with van der Waals surface area (Å²) >= 11 is 3.43. The number of hydrogen-bond donors (Lipinski definition) is 1. The molecule has 1 heterocycles. The molecule has 0 radical (unpaired) electrons. The van der Waals surface area contributed by atoms with Gasteiger partial charge in [-0.3, -0.25) is 0 Å². The van der Waals surface area contributed by atoms with Crippen LogP contribution in [0.25, 0.3) is 17.0 Å². The summed E-state index contributed by atoms with van der Waals surface area (Å²) in [4.78, 5) is 3.17. The predicted octanol–water partition coefficient (Wildman–Crippen LogP) is 3.57. The average molecular weight is 222 g/mol. The van der Waals surface area contributed by atoms with Gasteiger partial charge in [-0.1, -0.05) is 28.6 Å². The molecule has 0 unspecified atom stereocenters. The van der Waals surface area contributed by atoms with Crippen molar-refractivity contribution in [2.75, 3.05) is 0 Å². The molecule has 0 spiro atoms. The van der Waals surface area contributed by atoms with Crippen LogP contribution in [0.15, 0.2) is 35.4 Å². The second-order valence-corrected chi connectivity index (χ2v) is 3.55. The summed E-state index contributed by atoms with van der Waals surface area (Å²) in [6, 6.07) is 6.15. The van der Waals surface area contributed by atoms with Crippen LogP contribution in [0.3, 0.4) is 0 Å². The van der Waals surface area contributed by atoms with E-state index in [9.17, 15) is 0 Å². The van der Waals surface area contributed by atoms with E-state index < -0.39 is 0 Å². The quantitative estimate of drug-likeness (QED) is 0.759. The third-order valence-corrected chi connectivity index (χ3v) is 2.39. The summed E-state index contributed by atoms with van der Waals surface area (Å²) in [6.45, 7) is 3.75. The molecular formula is C10H8BrN. The predicted molar refractivity (Wildman–Crippen MR) is 56.1 cm³/mol. The number of benzene rings is 1. The number of nitrogens with one attached hydrogen (secondary N) is 1. The minimum atomic E-state index is 1.10. The van der Waals surface area contributed by atoms with Gasteiger partial charge >= 0.3 is 0 Å². The van der Waals surface area contributed by atoms with Crippen molar-refractivity contribution in [3.05, 3.63) is 41.0 Å². The molecule has 1 aromatic carbocycles. The van der Waals surface area contributed by atoms with Crippen LogP contribution in [0.2, 0.25) is 0 Å². The van der Waals surface area contributed by atoms with E-state index in [1.807, 2.05) is 24.4 Å². The molecule has 60 valence electrons. The lowest BCUT2D eigenvalue weighted by molar-refractivity contribution is 1.47. The van der Waals surface area contributed by atoms with Crippen molar-refractivity contribution in [2.24, 2.45) is 0 Å². The van der Waals surface area contributed by atoms with E-state index in [1.165, 1.54) is 5.39 Å². The summed E-state index contributed by atoms with van der Waals surface area (Å²) in [7, 11) is 0. The van der Waals surface area contributed by atoms with Crippen molar-refractivity contribution in [1.82, 2.24) is 4.98 Å². The molecule has 12 heavy (non-hydrogen) atoms. The van der Waals surface area contributed by atoms with E-state index in [4.69, 9.17) is 0 Å². The molecule has 2 aromatic rings. The van der Waals surface area contributed by atoms with Crippen molar-refractivity contribution in [3.63, 3.8) is 0 Å². The zero-order chi connectivity index (χ0) is 8.55. The Kier molecular flexibility index (Phi) is 1.77. The first-order valence-corrected chi connectivity index (χ1v) is 4.49. The van der Waals surface area contributed by atoms with Crippen molar-refractivity contribution < 1.29 is 0 Å². The minimum absolute atomic E-state index is 1.10. The van der Waals surface area contributed by atoms with Crippen LogP contribution in [0.1, 0.15) is 5.56 Å². The minimum Gasteiger partial charge on any atom is -0.361 e. The maximum absolute atomic E-state index is 3.75. The molecule has 2 heteroatoms. The van der Waals surface area contributed by atoms with Gasteiger partial charge in [0.2, 0.25) is 0 Å². The first kappa shape index (κ1) is 7.62. The topological polar surface area (TPSA) is 15.8 Å². The molecule has 0 amide bonds. The van der Waals surface area contributed by atoms with Crippen LogP contribution < -0.4 is 0 Å². The molecule has 0 fully saturated rings. The van der Waals surface area contributed by atoms with Crippen LogP contribution in [-0.4, -0.2) is 4.98 Å². The highest BCUT2D eigenvalue weighted by Crippen LogP contribution is 2.22. The van der Waals surface area contributed by atoms with E-state index in [-0.39, 0.29) is 0 Å². The molecule has 0 aliphatic carbocycles. The lowest BCUT2D eigenvalue weighted by Gasteiger charge is -1.92. The molecule has 1 nitrogen and oxygen atoms in total. The Morgan fingerprint density at radius 1 is 1.42 bits per heavy atom. The summed E-state index contributed by atoms with van der Waals surface area (Å²) in [5.74, 6) is 0. The third kappa shape index (κ3) is 1.08. The summed E-state index contributed by atoms with van der Waals surface area (Å²) in [6.07, 6.45) is 3.81. The molecule has 1 N–H and O–H groups in total. The van der Waals surface area contributed by atoms with Gasteiger partial charge in [0.1, 0.15) is 0 Å². The number of hydrogen-bond acceptors (Lipinski definition) is 0. The second kappa shape index (κ2) is 2.79. The van der Waals surface area contributed by atoms with Gasteiger partial charge in [0.05, 0.1) is 0 Å². The van der Waals surface area contributed by atoms with Crippen molar-refractivity contribution in [2.45, 2.75) is 0 Å². The van der Waals surface area contributed by atoms with Crippen molar-refractivity contribution in [3.8, 4) is 0 Å². The Morgan fingerprint density at radius 2 is 2.25 bits per heavy atom. The highest BCUT2D eigenvalue weighted by molar-refractivity contribution is 9.10. The zero-order valence-electron chi connectivity index (χ0n) is 6.47. The molecule has 0 saturated heterocycles. The fraction of sp³-hybridized carbons (Fsp3) is 0. The summed E-state index contributed by atoms with van der Waals surface area (Å²) in [5, 5.41) is 1.21. The number of halogens is 1. The zero-order valence-corrected chi connectivity index (χ0v) is 8.06. The third-order valence-electron chi connectivity index (χ3n) is 1.90. The fourth-order valence-electron chi connectivity index (χ4n) is 1.28. The van der Waals surface area contributed by atoms with Crippen molar-refractivity contribution >= 4 is 32.9 Å². The Morgan fingerprint density at radius 3 is 3.00 bits per heavy atom. The largest absolute Gasteiger partial charge is 0.361 e. The molecule has 0 bridgehead atoms. The normalized spacial score (nSPS) is 10.4.